The van der Waals surface area contributed by atoms with Crippen LogP contribution in [0.4, 0.5) is 10.5 Å². The molecule has 0 aliphatic carbocycles. The molecule has 2 amide bonds. The van der Waals surface area contributed by atoms with Gasteiger partial charge < -0.3 is 4.57 Å². The van der Waals surface area contributed by atoms with Gasteiger partial charge >= 0.3 is 0 Å². The fourth-order valence-electron chi connectivity index (χ4n) is 3.65. The van der Waals surface area contributed by atoms with Gasteiger partial charge in [-0.25, -0.2) is 0 Å². The summed E-state index contributed by atoms with van der Waals surface area (Å²) in [7, 11) is 0. The molecule has 0 unspecified atom stereocenters. The zero-order valence-electron chi connectivity index (χ0n) is 17.2. The summed E-state index contributed by atoms with van der Waals surface area (Å²) in [6.07, 6.45) is 1.73. The van der Waals surface area contributed by atoms with E-state index in [0.717, 1.165) is 43.8 Å². The molecule has 1 aliphatic heterocycles. The van der Waals surface area contributed by atoms with Crippen LogP contribution >= 0.6 is 27.7 Å². The summed E-state index contributed by atoms with van der Waals surface area (Å²) in [6.45, 7) is 3.94. The van der Waals surface area contributed by atoms with Gasteiger partial charge in [0.2, 0.25) is 0 Å². The third-order valence-corrected chi connectivity index (χ3v) is 6.61. The van der Waals surface area contributed by atoms with Crippen LogP contribution in [0.1, 0.15) is 22.5 Å². The number of amides is 2. The maximum absolute atomic E-state index is 12.9. The molecule has 1 fully saturated rings. The topological polar surface area (TPSA) is 85.5 Å². The Morgan fingerprint density at radius 3 is 2.50 bits per heavy atom. The summed E-state index contributed by atoms with van der Waals surface area (Å²) in [4.78, 5) is 37.4. The number of non-ortho nitro benzene ring substituents is 1. The molecule has 2 aromatic carbocycles. The number of carbonyl (C=O) groups excluding carboxylic acids is 2. The van der Waals surface area contributed by atoms with Crippen LogP contribution in [0.15, 0.2) is 64.0 Å². The molecule has 0 atom stereocenters. The lowest BCUT2D eigenvalue weighted by Crippen LogP contribution is -2.27. The first kappa shape index (κ1) is 22.0. The Balaban J connectivity index is 1.61. The van der Waals surface area contributed by atoms with Gasteiger partial charge in [0.05, 0.1) is 16.4 Å². The normalized spacial score (nSPS) is 15.1. The molecule has 7 nitrogen and oxygen atoms in total. The monoisotopic (exact) mass is 511 g/mol. The maximum Gasteiger partial charge on any atom is 0.293 e. The minimum Gasteiger partial charge on any atom is -0.318 e. The second kappa shape index (κ2) is 8.76. The highest BCUT2D eigenvalue weighted by Gasteiger charge is 2.35. The van der Waals surface area contributed by atoms with Crippen LogP contribution < -0.4 is 0 Å². The van der Waals surface area contributed by atoms with Gasteiger partial charge in [0.25, 0.3) is 16.8 Å². The molecular formula is C23H18BrN3O4S. The van der Waals surface area contributed by atoms with Crippen LogP contribution in [-0.2, 0) is 11.3 Å². The van der Waals surface area contributed by atoms with Gasteiger partial charge in [-0.3, -0.25) is 24.6 Å². The average Bonchev–Trinajstić information content (AvgIpc) is 3.18. The first-order valence-electron chi connectivity index (χ1n) is 9.68. The maximum atomic E-state index is 12.9. The number of rotatable bonds is 5. The molecule has 1 saturated heterocycles. The largest absolute Gasteiger partial charge is 0.318 e. The van der Waals surface area contributed by atoms with E-state index >= 15 is 0 Å². The second-order valence-electron chi connectivity index (χ2n) is 7.33. The number of aromatic nitrogens is 1. The van der Waals surface area contributed by atoms with Crippen LogP contribution in [0, 0.1) is 24.0 Å². The Kier molecular flexibility index (Phi) is 6.03. The van der Waals surface area contributed by atoms with Crippen LogP contribution in [0.5, 0.6) is 0 Å². The van der Waals surface area contributed by atoms with Crippen LogP contribution in [-0.4, -0.2) is 25.5 Å². The molecule has 0 spiro atoms. The highest BCUT2D eigenvalue weighted by atomic mass is 79.9. The first-order valence-corrected chi connectivity index (χ1v) is 11.3. The fourth-order valence-corrected chi connectivity index (χ4v) is 4.74. The van der Waals surface area contributed by atoms with E-state index in [1.807, 2.05) is 44.2 Å². The first-order chi connectivity index (χ1) is 15.2. The Morgan fingerprint density at radius 1 is 1.09 bits per heavy atom. The Morgan fingerprint density at radius 2 is 1.81 bits per heavy atom. The van der Waals surface area contributed by atoms with E-state index in [4.69, 9.17) is 0 Å². The number of thioether (sulfide) groups is 1. The van der Waals surface area contributed by atoms with Crippen molar-refractivity contribution in [2.45, 2.75) is 20.4 Å². The van der Waals surface area contributed by atoms with Gasteiger partial charge in [0, 0.05) is 33.7 Å². The van der Waals surface area contributed by atoms with Gasteiger partial charge in [-0.15, -0.1) is 0 Å². The van der Waals surface area contributed by atoms with E-state index < -0.39 is 16.1 Å². The lowest BCUT2D eigenvalue weighted by molar-refractivity contribution is -0.384. The van der Waals surface area contributed by atoms with Crippen molar-refractivity contribution >= 4 is 50.6 Å². The summed E-state index contributed by atoms with van der Waals surface area (Å²) in [5.41, 5.74) is 4.26. The lowest BCUT2D eigenvalue weighted by Gasteiger charge is -2.12. The average molecular weight is 512 g/mol. The highest BCUT2D eigenvalue weighted by molar-refractivity contribution is 9.10. The number of halogens is 1. The lowest BCUT2D eigenvalue weighted by atomic mass is 10.2. The minimum absolute atomic E-state index is 0.0123. The second-order valence-corrected chi connectivity index (χ2v) is 9.24. The van der Waals surface area contributed by atoms with Crippen molar-refractivity contribution in [3.63, 3.8) is 0 Å². The van der Waals surface area contributed by atoms with Gasteiger partial charge in [0.1, 0.15) is 0 Å². The van der Waals surface area contributed by atoms with E-state index in [0.29, 0.717) is 10.5 Å². The van der Waals surface area contributed by atoms with Crippen LogP contribution in [0.3, 0.4) is 0 Å². The molecule has 1 aromatic heterocycles. The Hall–Kier alpha value is -3.17. The number of benzene rings is 2. The summed E-state index contributed by atoms with van der Waals surface area (Å²) < 4.78 is 3.08. The predicted octanol–water partition coefficient (Wildman–Crippen LogP) is 6.00. The SMILES string of the molecule is Cc1cc(/C=C2\SC(=O)N(Cc3cccc([N+](=O)[O-])c3)C2=O)c(C)n1-c1ccc(Br)cc1. The van der Waals surface area contributed by atoms with Gasteiger partial charge in [0.15, 0.2) is 0 Å². The number of hydrogen-bond donors (Lipinski definition) is 0. The molecule has 3 aromatic rings. The van der Waals surface area contributed by atoms with Crippen molar-refractivity contribution in [2.24, 2.45) is 0 Å². The van der Waals surface area contributed by atoms with Gasteiger partial charge in [-0.1, -0.05) is 28.1 Å². The number of nitrogens with zero attached hydrogens (tertiary/aromatic N) is 3. The molecule has 0 saturated carbocycles. The Bertz CT molecular complexity index is 1280. The van der Waals surface area contributed by atoms with Crippen molar-refractivity contribution in [3.05, 3.63) is 96.6 Å². The minimum atomic E-state index is -0.502. The molecule has 9 heteroatoms. The van der Waals surface area contributed by atoms with Crippen LogP contribution in [0.2, 0.25) is 0 Å². The zero-order chi connectivity index (χ0) is 23.0. The number of hydrogen-bond acceptors (Lipinski definition) is 5. The molecule has 2 heterocycles. The van der Waals surface area contributed by atoms with Gasteiger partial charge in [-0.2, -0.15) is 0 Å². The molecular weight excluding hydrogens is 494 g/mol. The molecule has 4 rings (SSSR count). The number of imide groups is 1. The van der Waals surface area contributed by atoms with E-state index in [2.05, 4.69) is 20.5 Å². The van der Waals surface area contributed by atoms with E-state index in [9.17, 15) is 19.7 Å². The number of nitro benzene ring substituents is 1. The number of nitro groups is 1. The highest BCUT2D eigenvalue weighted by Crippen LogP contribution is 2.35. The van der Waals surface area contributed by atoms with Crippen LogP contribution in [0.25, 0.3) is 11.8 Å². The quantitative estimate of drug-likeness (QED) is 0.238. The molecule has 1 aliphatic rings. The van der Waals surface area contributed by atoms with Crippen molar-refractivity contribution in [1.29, 1.82) is 0 Å². The number of carbonyl (C=O) groups is 2. The predicted molar refractivity (Wildman–Crippen MR) is 128 cm³/mol. The smallest absolute Gasteiger partial charge is 0.293 e. The molecule has 0 N–H and O–H groups in total. The summed E-state index contributed by atoms with van der Waals surface area (Å²) in [6, 6.07) is 15.9. The van der Waals surface area contributed by atoms with Crippen molar-refractivity contribution in [1.82, 2.24) is 9.47 Å². The third-order valence-electron chi connectivity index (χ3n) is 5.18. The van der Waals surface area contributed by atoms with Crippen molar-refractivity contribution in [3.8, 4) is 5.69 Å². The fraction of sp³-hybridized carbons (Fsp3) is 0.130. The molecule has 0 bridgehead atoms. The summed E-state index contributed by atoms with van der Waals surface area (Å²) in [5, 5.41) is 10.6. The summed E-state index contributed by atoms with van der Waals surface area (Å²) in [5.74, 6) is -0.403. The standard InChI is InChI=1S/C23H18BrN3O4S/c1-14-10-17(15(2)26(14)19-8-6-18(24)7-9-19)12-21-22(28)25(23(29)32-21)13-16-4-3-5-20(11-16)27(30)31/h3-12H,13H2,1-2H3/b21-12-. The van der Waals surface area contributed by atoms with E-state index in [1.165, 1.54) is 12.1 Å². The summed E-state index contributed by atoms with van der Waals surface area (Å²) >= 11 is 4.32. The van der Waals surface area contributed by atoms with E-state index in [-0.39, 0.29) is 12.2 Å². The third kappa shape index (κ3) is 4.26. The van der Waals surface area contributed by atoms with Crippen molar-refractivity contribution < 1.29 is 14.5 Å². The molecule has 32 heavy (non-hydrogen) atoms. The Labute approximate surface area is 197 Å². The van der Waals surface area contributed by atoms with Crippen molar-refractivity contribution in [2.75, 3.05) is 0 Å². The molecule has 0 radical (unpaired) electrons. The van der Waals surface area contributed by atoms with Gasteiger partial charge in [-0.05, 0) is 73.1 Å². The molecule has 162 valence electrons. The van der Waals surface area contributed by atoms with E-state index in [1.54, 1.807) is 18.2 Å². The number of aryl methyl sites for hydroxylation is 1. The zero-order valence-corrected chi connectivity index (χ0v) is 19.6.